The quantitative estimate of drug-likeness (QED) is 0.374. The number of hydrogen-bond donors (Lipinski definition) is 2. The van der Waals surface area contributed by atoms with Gasteiger partial charge in [-0.15, -0.1) is 0 Å². The lowest BCUT2D eigenvalue weighted by atomic mass is 10.0. The third kappa shape index (κ3) is 3.62. The highest BCUT2D eigenvalue weighted by Gasteiger charge is 2.35. The van der Waals surface area contributed by atoms with Crippen LogP contribution in [-0.2, 0) is 14.4 Å². The van der Waals surface area contributed by atoms with Crippen molar-refractivity contribution in [3.8, 4) is 0 Å². The van der Waals surface area contributed by atoms with Gasteiger partial charge < -0.3 is 9.67 Å². The van der Waals surface area contributed by atoms with Crippen LogP contribution < -0.4 is 10.2 Å². The fourth-order valence-electron chi connectivity index (χ4n) is 3.59. The highest BCUT2D eigenvalue weighted by atomic mass is 32.1. The van der Waals surface area contributed by atoms with Crippen LogP contribution >= 0.6 is 12.2 Å². The molecular formula is C23H19N3O4S. The number of aliphatic carboxylic acids is 1. The van der Waals surface area contributed by atoms with Crippen molar-refractivity contribution in [1.82, 2.24) is 9.88 Å². The normalized spacial score (nSPS) is 16.6. The number of carbonyl (C=O) groups excluding carboxylic acids is 2. The minimum absolute atomic E-state index is 0.0328. The molecule has 1 aliphatic heterocycles. The summed E-state index contributed by atoms with van der Waals surface area (Å²) in [6.07, 6.45) is 3.22. The molecule has 0 bridgehead atoms. The largest absolute Gasteiger partial charge is 0.480 e. The van der Waals surface area contributed by atoms with Crippen molar-refractivity contribution in [3.05, 3.63) is 71.4 Å². The van der Waals surface area contributed by atoms with Crippen molar-refractivity contribution in [2.24, 2.45) is 0 Å². The van der Waals surface area contributed by atoms with E-state index in [1.54, 1.807) is 54.1 Å². The molecule has 0 spiro atoms. The number of para-hydroxylation sites is 1. The first-order valence-electron chi connectivity index (χ1n) is 9.58. The average Bonchev–Trinajstić information content (AvgIpc) is 3.15. The summed E-state index contributed by atoms with van der Waals surface area (Å²) in [4.78, 5) is 38.3. The van der Waals surface area contributed by atoms with Crippen LogP contribution in [0.4, 0.5) is 5.69 Å². The number of aromatic nitrogens is 1. The van der Waals surface area contributed by atoms with E-state index >= 15 is 0 Å². The number of thiocarbonyl (C=S) groups is 1. The second kappa shape index (κ2) is 7.81. The molecule has 2 N–H and O–H groups in total. The van der Waals surface area contributed by atoms with Crippen LogP contribution in [0.1, 0.15) is 24.1 Å². The van der Waals surface area contributed by atoms with Gasteiger partial charge in [-0.25, -0.2) is 4.79 Å². The fourth-order valence-corrected chi connectivity index (χ4v) is 3.86. The number of anilines is 1. The summed E-state index contributed by atoms with van der Waals surface area (Å²) in [5.41, 5.74) is 2.82. The molecule has 1 fully saturated rings. The SMILES string of the molecule is Cc1ccccc1N1C(=O)/C(=C/c2ccc3c(ccn3[C@H](C)C(=O)O)c2)C(=O)NC1=S. The number of amides is 2. The second-order valence-electron chi connectivity index (χ2n) is 7.30. The molecule has 2 aromatic carbocycles. The van der Waals surface area contributed by atoms with Crippen molar-refractivity contribution in [2.75, 3.05) is 4.90 Å². The van der Waals surface area contributed by atoms with Crippen LogP contribution in [0, 0.1) is 6.92 Å². The van der Waals surface area contributed by atoms with E-state index in [-0.39, 0.29) is 10.7 Å². The van der Waals surface area contributed by atoms with E-state index < -0.39 is 23.8 Å². The summed E-state index contributed by atoms with van der Waals surface area (Å²) in [5, 5.41) is 12.7. The molecule has 0 unspecified atom stereocenters. The fraction of sp³-hybridized carbons (Fsp3) is 0.130. The number of hydrogen-bond acceptors (Lipinski definition) is 4. The monoisotopic (exact) mass is 433 g/mol. The molecule has 1 saturated heterocycles. The second-order valence-corrected chi connectivity index (χ2v) is 7.69. The van der Waals surface area contributed by atoms with Gasteiger partial charge in [0.2, 0.25) is 0 Å². The predicted molar refractivity (Wildman–Crippen MR) is 122 cm³/mol. The number of rotatable bonds is 4. The highest BCUT2D eigenvalue weighted by Crippen LogP contribution is 2.26. The van der Waals surface area contributed by atoms with Gasteiger partial charge in [0.1, 0.15) is 11.6 Å². The van der Waals surface area contributed by atoms with E-state index in [9.17, 15) is 19.5 Å². The van der Waals surface area contributed by atoms with Crippen LogP contribution in [0.2, 0.25) is 0 Å². The Morgan fingerprint density at radius 1 is 1.16 bits per heavy atom. The summed E-state index contributed by atoms with van der Waals surface area (Å²) in [6, 6.07) is 13.7. The highest BCUT2D eigenvalue weighted by molar-refractivity contribution is 7.80. The van der Waals surface area contributed by atoms with Gasteiger partial charge in [-0.3, -0.25) is 19.8 Å². The van der Waals surface area contributed by atoms with Crippen LogP contribution in [0.5, 0.6) is 0 Å². The van der Waals surface area contributed by atoms with E-state index in [0.29, 0.717) is 11.3 Å². The third-order valence-corrected chi connectivity index (χ3v) is 5.57. The molecule has 8 heteroatoms. The third-order valence-electron chi connectivity index (χ3n) is 5.29. The Labute approximate surface area is 183 Å². The van der Waals surface area contributed by atoms with Gasteiger partial charge in [-0.2, -0.15) is 0 Å². The number of benzene rings is 2. The zero-order valence-corrected chi connectivity index (χ0v) is 17.6. The van der Waals surface area contributed by atoms with E-state index in [2.05, 4.69) is 5.32 Å². The van der Waals surface area contributed by atoms with Crippen LogP contribution in [-0.4, -0.2) is 32.6 Å². The van der Waals surface area contributed by atoms with Crippen LogP contribution in [0.15, 0.2) is 60.3 Å². The Balaban J connectivity index is 1.73. The molecule has 1 atom stereocenters. The average molecular weight is 433 g/mol. The first-order valence-corrected chi connectivity index (χ1v) is 9.99. The molecule has 0 saturated carbocycles. The molecule has 31 heavy (non-hydrogen) atoms. The van der Waals surface area contributed by atoms with Gasteiger partial charge in [0.05, 0.1) is 5.69 Å². The summed E-state index contributed by atoms with van der Waals surface area (Å²) < 4.78 is 1.66. The van der Waals surface area contributed by atoms with E-state index in [1.165, 1.54) is 11.0 Å². The Morgan fingerprint density at radius 2 is 1.90 bits per heavy atom. The molecule has 156 valence electrons. The standard InChI is InChI=1S/C23H19N3O4S/c1-13-5-3-4-6-18(13)26-21(28)17(20(27)24-23(26)31)12-15-7-8-19-16(11-15)9-10-25(19)14(2)22(29)30/h3-12,14H,1-2H3,(H,29,30)(H,24,27,31)/b17-12+/t14-/m1/s1. The topological polar surface area (TPSA) is 91.6 Å². The summed E-state index contributed by atoms with van der Waals surface area (Å²) in [5.74, 6) is -1.99. The van der Waals surface area contributed by atoms with Gasteiger partial charge in [-0.1, -0.05) is 24.3 Å². The summed E-state index contributed by atoms with van der Waals surface area (Å²) >= 11 is 5.25. The maximum atomic E-state index is 13.2. The van der Waals surface area contributed by atoms with Crippen molar-refractivity contribution in [2.45, 2.75) is 19.9 Å². The van der Waals surface area contributed by atoms with E-state index in [1.807, 2.05) is 19.1 Å². The van der Waals surface area contributed by atoms with Crippen LogP contribution in [0.25, 0.3) is 17.0 Å². The molecule has 7 nitrogen and oxygen atoms in total. The maximum Gasteiger partial charge on any atom is 0.326 e. The molecule has 1 aliphatic rings. The molecule has 1 aromatic heterocycles. The Kier molecular flexibility index (Phi) is 5.16. The number of fused-ring (bicyclic) bond motifs is 1. The first kappa shape index (κ1) is 20.5. The van der Waals surface area contributed by atoms with Gasteiger partial charge in [0.25, 0.3) is 11.8 Å². The molecule has 2 heterocycles. The molecule has 0 radical (unpaired) electrons. The lowest BCUT2D eigenvalue weighted by molar-refractivity contribution is -0.140. The number of carbonyl (C=O) groups is 3. The van der Waals surface area contributed by atoms with Gasteiger partial charge >= 0.3 is 5.97 Å². The Hall–Kier alpha value is -3.78. The molecule has 2 amide bonds. The summed E-state index contributed by atoms with van der Waals surface area (Å²) in [7, 11) is 0. The number of carboxylic acids is 1. The molecule has 3 aromatic rings. The van der Waals surface area contributed by atoms with Crippen LogP contribution in [0.3, 0.4) is 0 Å². The number of carboxylic acid groups (broad SMARTS) is 1. The zero-order chi connectivity index (χ0) is 22.3. The molecule has 0 aliphatic carbocycles. The molecule has 4 rings (SSSR count). The minimum atomic E-state index is -0.930. The lowest BCUT2D eigenvalue weighted by Gasteiger charge is -2.30. The van der Waals surface area contributed by atoms with Crippen molar-refractivity contribution in [3.63, 3.8) is 0 Å². The number of aryl methyl sites for hydroxylation is 1. The molecular weight excluding hydrogens is 414 g/mol. The first-order chi connectivity index (χ1) is 14.8. The summed E-state index contributed by atoms with van der Waals surface area (Å²) in [6.45, 7) is 3.47. The van der Waals surface area contributed by atoms with Crippen molar-refractivity contribution >= 4 is 57.8 Å². The Bertz CT molecular complexity index is 1290. The number of nitrogens with one attached hydrogen (secondary N) is 1. The van der Waals surface area contributed by atoms with Gasteiger partial charge in [0, 0.05) is 17.1 Å². The van der Waals surface area contributed by atoms with Gasteiger partial charge in [-0.05, 0) is 67.5 Å². The predicted octanol–water partition coefficient (Wildman–Crippen LogP) is 3.43. The lowest BCUT2D eigenvalue weighted by Crippen LogP contribution is -2.54. The van der Waals surface area contributed by atoms with Gasteiger partial charge in [0.15, 0.2) is 5.11 Å². The Morgan fingerprint density at radius 3 is 2.61 bits per heavy atom. The maximum absolute atomic E-state index is 13.2. The minimum Gasteiger partial charge on any atom is -0.480 e. The smallest absolute Gasteiger partial charge is 0.326 e. The zero-order valence-electron chi connectivity index (χ0n) is 16.8. The van der Waals surface area contributed by atoms with Crippen molar-refractivity contribution in [1.29, 1.82) is 0 Å². The van der Waals surface area contributed by atoms with E-state index in [0.717, 1.165) is 16.5 Å². The number of nitrogens with zero attached hydrogens (tertiary/aromatic N) is 2. The van der Waals surface area contributed by atoms with E-state index in [4.69, 9.17) is 12.2 Å². The van der Waals surface area contributed by atoms with Crippen molar-refractivity contribution < 1.29 is 19.5 Å².